The Hall–Kier alpha value is -3.46. The quantitative estimate of drug-likeness (QED) is 0.585. The Morgan fingerprint density at radius 1 is 0.968 bits per heavy atom. The van der Waals surface area contributed by atoms with E-state index in [4.69, 9.17) is 4.74 Å². The van der Waals surface area contributed by atoms with Crippen molar-refractivity contribution in [2.75, 3.05) is 49.6 Å². The van der Waals surface area contributed by atoms with Gasteiger partial charge in [-0.1, -0.05) is 12.1 Å². The molecule has 2 aliphatic heterocycles. The van der Waals surface area contributed by atoms with Crippen molar-refractivity contribution >= 4 is 28.9 Å². The fraction of sp³-hybridized carbons (Fsp3) is 0.364. The average molecular weight is 424 g/mol. The fourth-order valence-electron chi connectivity index (χ4n) is 3.96. The number of likely N-dealkylation sites (tertiary alicyclic amines) is 1. The average Bonchev–Trinajstić information content (AvgIpc) is 3.34. The van der Waals surface area contributed by atoms with Gasteiger partial charge in [-0.15, -0.1) is 0 Å². The van der Waals surface area contributed by atoms with Crippen molar-refractivity contribution in [2.24, 2.45) is 0 Å². The number of carbonyl (C=O) groups is 2. The summed E-state index contributed by atoms with van der Waals surface area (Å²) < 4.78 is 5.38. The number of nitrogens with zero attached hydrogens (tertiary/aromatic N) is 3. The molecule has 0 bridgehead atoms. The van der Waals surface area contributed by atoms with E-state index in [0.29, 0.717) is 56.3 Å². The lowest BCUT2D eigenvalue weighted by molar-refractivity contribution is -0.384. The molecule has 0 radical (unpaired) electrons. The van der Waals surface area contributed by atoms with Crippen LogP contribution in [0, 0.1) is 10.1 Å². The van der Waals surface area contributed by atoms with Crippen LogP contribution in [-0.4, -0.2) is 61.0 Å². The van der Waals surface area contributed by atoms with Crippen molar-refractivity contribution in [3.63, 3.8) is 0 Å². The second-order valence-corrected chi connectivity index (χ2v) is 7.56. The topological polar surface area (TPSA) is 105 Å². The molecule has 0 saturated carbocycles. The maximum Gasteiger partial charge on any atom is 0.270 e. The lowest BCUT2D eigenvalue weighted by atomic mass is 10.1. The van der Waals surface area contributed by atoms with E-state index in [-0.39, 0.29) is 17.2 Å². The number of rotatable bonds is 5. The third-order valence-electron chi connectivity index (χ3n) is 5.59. The van der Waals surface area contributed by atoms with Crippen LogP contribution in [0.15, 0.2) is 42.5 Å². The molecule has 2 aromatic rings. The minimum atomic E-state index is -0.523. The Morgan fingerprint density at radius 2 is 1.68 bits per heavy atom. The first-order valence-corrected chi connectivity index (χ1v) is 10.4. The first kappa shape index (κ1) is 20.8. The molecule has 2 fully saturated rings. The Labute approximate surface area is 179 Å². The van der Waals surface area contributed by atoms with Gasteiger partial charge in [0.15, 0.2) is 0 Å². The van der Waals surface area contributed by atoms with E-state index in [1.165, 1.54) is 12.1 Å². The van der Waals surface area contributed by atoms with Gasteiger partial charge in [0, 0.05) is 38.3 Å². The molecule has 2 saturated heterocycles. The van der Waals surface area contributed by atoms with E-state index >= 15 is 0 Å². The molecule has 2 amide bonds. The molecule has 1 N–H and O–H groups in total. The zero-order valence-electron chi connectivity index (χ0n) is 17.1. The number of non-ortho nitro benzene ring substituents is 1. The SMILES string of the molecule is O=C(Nc1ccccc1C(=O)N1CCCC1)c1cc([N+](=O)[O-])ccc1N1CCOCC1. The highest BCUT2D eigenvalue weighted by molar-refractivity contribution is 6.11. The highest BCUT2D eigenvalue weighted by atomic mass is 16.6. The summed E-state index contributed by atoms with van der Waals surface area (Å²) in [7, 11) is 0. The van der Waals surface area contributed by atoms with Crippen LogP contribution in [0.2, 0.25) is 0 Å². The third-order valence-corrected chi connectivity index (χ3v) is 5.59. The maximum atomic E-state index is 13.2. The van der Waals surface area contributed by atoms with Crippen LogP contribution in [0.5, 0.6) is 0 Å². The van der Waals surface area contributed by atoms with Gasteiger partial charge in [0.05, 0.1) is 40.6 Å². The van der Waals surface area contributed by atoms with Crippen molar-refractivity contribution in [1.82, 2.24) is 4.90 Å². The zero-order valence-corrected chi connectivity index (χ0v) is 17.1. The second kappa shape index (κ2) is 9.13. The van der Waals surface area contributed by atoms with Crippen LogP contribution < -0.4 is 10.2 Å². The van der Waals surface area contributed by atoms with Crippen molar-refractivity contribution in [3.05, 3.63) is 63.7 Å². The molecule has 0 aromatic heterocycles. The molecule has 2 heterocycles. The molecule has 2 aliphatic rings. The number of nitro groups is 1. The van der Waals surface area contributed by atoms with Crippen LogP contribution in [-0.2, 0) is 4.74 Å². The van der Waals surface area contributed by atoms with Gasteiger partial charge in [-0.2, -0.15) is 0 Å². The molecular formula is C22H24N4O5. The van der Waals surface area contributed by atoms with Crippen LogP contribution in [0.25, 0.3) is 0 Å². The summed E-state index contributed by atoms with van der Waals surface area (Å²) in [5, 5.41) is 14.1. The molecule has 0 aliphatic carbocycles. The van der Waals surface area contributed by atoms with Gasteiger partial charge in [-0.25, -0.2) is 0 Å². The molecule has 0 atom stereocenters. The number of amides is 2. The number of ether oxygens (including phenoxy) is 1. The van der Waals surface area contributed by atoms with E-state index in [1.54, 1.807) is 35.2 Å². The van der Waals surface area contributed by atoms with Crippen LogP contribution in [0.4, 0.5) is 17.1 Å². The van der Waals surface area contributed by atoms with Crippen molar-refractivity contribution in [3.8, 4) is 0 Å². The van der Waals surface area contributed by atoms with Gasteiger partial charge in [0.25, 0.3) is 17.5 Å². The van der Waals surface area contributed by atoms with Crippen LogP contribution >= 0.6 is 0 Å². The van der Waals surface area contributed by atoms with Gasteiger partial charge in [0.2, 0.25) is 0 Å². The second-order valence-electron chi connectivity index (χ2n) is 7.56. The minimum Gasteiger partial charge on any atom is -0.378 e. The minimum absolute atomic E-state index is 0.124. The summed E-state index contributed by atoms with van der Waals surface area (Å²) in [6.45, 7) is 3.61. The first-order chi connectivity index (χ1) is 15.0. The molecule has 0 spiro atoms. The number of nitro benzene ring substituents is 1. The first-order valence-electron chi connectivity index (χ1n) is 10.4. The van der Waals surface area contributed by atoms with Gasteiger partial charge in [-0.3, -0.25) is 19.7 Å². The van der Waals surface area contributed by atoms with Crippen molar-refractivity contribution in [1.29, 1.82) is 0 Å². The molecule has 31 heavy (non-hydrogen) atoms. The van der Waals surface area contributed by atoms with E-state index < -0.39 is 10.8 Å². The maximum absolute atomic E-state index is 13.2. The Kier molecular flexibility index (Phi) is 6.13. The highest BCUT2D eigenvalue weighted by Gasteiger charge is 2.25. The number of hydrogen-bond acceptors (Lipinski definition) is 6. The Balaban J connectivity index is 1.65. The van der Waals surface area contributed by atoms with E-state index in [0.717, 1.165) is 12.8 Å². The summed E-state index contributed by atoms with van der Waals surface area (Å²) in [5.74, 6) is -0.618. The number of benzene rings is 2. The van der Waals surface area contributed by atoms with Gasteiger partial charge in [0.1, 0.15) is 0 Å². The molecule has 9 nitrogen and oxygen atoms in total. The van der Waals surface area contributed by atoms with Gasteiger partial charge in [-0.05, 0) is 31.0 Å². The molecule has 4 rings (SSSR count). The summed E-state index contributed by atoms with van der Waals surface area (Å²) >= 11 is 0. The van der Waals surface area contributed by atoms with Crippen LogP contribution in [0.1, 0.15) is 33.6 Å². The summed E-state index contributed by atoms with van der Waals surface area (Å²) in [5.41, 5.74) is 1.44. The third kappa shape index (κ3) is 4.51. The highest BCUT2D eigenvalue weighted by Crippen LogP contribution is 2.28. The number of anilines is 2. The predicted molar refractivity (Wildman–Crippen MR) is 116 cm³/mol. The van der Waals surface area contributed by atoms with E-state index in [1.807, 2.05) is 4.90 Å². The van der Waals surface area contributed by atoms with E-state index in [2.05, 4.69) is 5.32 Å². The molecule has 9 heteroatoms. The Bertz CT molecular complexity index is 997. The number of nitrogens with one attached hydrogen (secondary N) is 1. The zero-order chi connectivity index (χ0) is 21.8. The largest absolute Gasteiger partial charge is 0.378 e. The summed E-state index contributed by atoms with van der Waals surface area (Å²) in [6.07, 6.45) is 1.94. The smallest absolute Gasteiger partial charge is 0.270 e. The van der Waals surface area contributed by atoms with Crippen molar-refractivity contribution < 1.29 is 19.2 Å². The predicted octanol–water partition coefficient (Wildman–Crippen LogP) is 2.92. The Morgan fingerprint density at radius 3 is 2.39 bits per heavy atom. The summed E-state index contributed by atoms with van der Waals surface area (Å²) in [6, 6.07) is 11.1. The lowest BCUT2D eigenvalue weighted by Gasteiger charge is -2.30. The molecule has 2 aromatic carbocycles. The van der Waals surface area contributed by atoms with Gasteiger partial charge < -0.3 is 19.9 Å². The summed E-state index contributed by atoms with van der Waals surface area (Å²) in [4.78, 5) is 40.7. The molecular weight excluding hydrogens is 400 g/mol. The number of hydrogen-bond donors (Lipinski definition) is 1. The number of para-hydroxylation sites is 1. The molecule has 0 unspecified atom stereocenters. The fourth-order valence-corrected chi connectivity index (χ4v) is 3.96. The normalized spacial score (nSPS) is 16.3. The number of carbonyl (C=O) groups excluding carboxylic acids is 2. The number of morpholine rings is 1. The van der Waals surface area contributed by atoms with Crippen LogP contribution in [0.3, 0.4) is 0 Å². The van der Waals surface area contributed by atoms with Gasteiger partial charge >= 0.3 is 0 Å². The standard InChI is InChI=1S/C22H24N4O5/c27-21(23-19-6-2-1-5-17(19)22(28)25-9-3-4-10-25)18-15-16(26(29)30)7-8-20(18)24-11-13-31-14-12-24/h1-2,5-8,15H,3-4,9-14H2,(H,23,27). The molecule has 162 valence electrons. The monoisotopic (exact) mass is 424 g/mol. The lowest BCUT2D eigenvalue weighted by Crippen LogP contribution is -2.37. The van der Waals surface area contributed by atoms with E-state index in [9.17, 15) is 19.7 Å². The van der Waals surface area contributed by atoms with Crippen molar-refractivity contribution in [2.45, 2.75) is 12.8 Å².